The van der Waals surface area contributed by atoms with Crippen molar-refractivity contribution in [2.45, 2.75) is 45.4 Å². The first kappa shape index (κ1) is 26.2. The summed E-state index contributed by atoms with van der Waals surface area (Å²) in [7, 11) is 0. The molecule has 33 heavy (non-hydrogen) atoms. The molecule has 4 heteroatoms. The molecular weight excluding hydrogens is 421 g/mol. The van der Waals surface area contributed by atoms with Crippen LogP contribution in [0.3, 0.4) is 0 Å². The van der Waals surface area contributed by atoms with Crippen molar-refractivity contribution in [1.29, 1.82) is 0 Å². The number of ether oxygens (including phenoxy) is 1. The van der Waals surface area contributed by atoms with Gasteiger partial charge in [0.2, 0.25) is 0 Å². The van der Waals surface area contributed by atoms with Crippen molar-refractivity contribution < 1.29 is 17.9 Å². The van der Waals surface area contributed by atoms with Crippen molar-refractivity contribution >= 4 is 6.08 Å². The first-order valence-electron chi connectivity index (χ1n) is 11.2. The number of halogens is 3. The smallest absolute Gasteiger partial charge is 0.166 e. The van der Waals surface area contributed by atoms with E-state index in [0.717, 1.165) is 31.8 Å². The molecule has 2 rings (SSSR count). The van der Waals surface area contributed by atoms with Crippen LogP contribution in [0.15, 0.2) is 91.1 Å². The van der Waals surface area contributed by atoms with Gasteiger partial charge in [0.1, 0.15) is 11.6 Å². The fourth-order valence-electron chi connectivity index (χ4n) is 3.76. The second-order valence-corrected chi connectivity index (χ2v) is 8.47. The van der Waals surface area contributed by atoms with Crippen molar-refractivity contribution in [1.82, 2.24) is 0 Å². The maximum atomic E-state index is 14.7. The maximum absolute atomic E-state index is 14.7. The molecule has 1 nitrogen and oxygen atoms in total. The molecule has 0 heterocycles. The molecule has 1 aromatic carbocycles. The van der Waals surface area contributed by atoms with Gasteiger partial charge in [-0.3, -0.25) is 0 Å². The molecule has 1 saturated carbocycles. The lowest BCUT2D eigenvalue weighted by atomic mass is 9.79. The van der Waals surface area contributed by atoms with Crippen LogP contribution in [0.1, 0.15) is 56.6 Å². The summed E-state index contributed by atoms with van der Waals surface area (Å²) in [5, 5.41) is 0. The predicted molar refractivity (Wildman–Crippen MR) is 132 cm³/mol. The highest BCUT2D eigenvalue weighted by Crippen LogP contribution is 2.37. The highest BCUT2D eigenvalue weighted by atomic mass is 19.2. The Kier molecular flexibility index (Phi) is 9.77. The Balaban J connectivity index is 2.03. The molecular formula is C29H33F3O. The molecule has 0 saturated heterocycles. The lowest BCUT2D eigenvalue weighted by Gasteiger charge is -2.27. The Labute approximate surface area is 196 Å². The normalized spacial score (nSPS) is 19.1. The summed E-state index contributed by atoms with van der Waals surface area (Å²) in [6, 6.07) is 3.29. The van der Waals surface area contributed by atoms with Gasteiger partial charge in [-0.05, 0) is 48.3 Å². The van der Waals surface area contributed by atoms with E-state index >= 15 is 0 Å². The van der Waals surface area contributed by atoms with Crippen LogP contribution in [-0.2, 0) is 4.74 Å². The molecule has 0 aromatic heterocycles. The number of hydrogen-bond donors (Lipinski definition) is 0. The molecule has 1 aromatic rings. The summed E-state index contributed by atoms with van der Waals surface area (Å²) in [4.78, 5) is 0. The lowest BCUT2D eigenvalue weighted by molar-refractivity contribution is 0.243. The summed E-state index contributed by atoms with van der Waals surface area (Å²) in [5.41, 5.74) is 1.56. The summed E-state index contributed by atoms with van der Waals surface area (Å²) < 4.78 is 48.6. The van der Waals surface area contributed by atoms with Gasteiger partial charge in [-0.25, -0.2) is 13.2 Å². The molecule has 0 radical (unpaired) electrons. The van der Waals surface area contributed by atoms with Crippen molar-refractivity contribution in [3.63, 3.8) is 0 Å². The van der Waals surface area contributed by atoms with Gasteiger partial charge in [-0.2, -0.15) is 0 Å². The topological polar surface area (TPSA) is 9.23 Å². The minimum atomic E-state index is -0.848. The van der Waals surface area contributed by atoms with E-state index in [0.29, 0.717) is 29.2 Å². The van der Waals surface area contributed by atoms with E-state index in [1.807, 2.05) is 0 Å². The van der Waals surface area contributed by atoms with E-state index in [-0.39, 0.29) is 22.8 Å². The van der Waals surface area contributed by atoms with Crippen LogP contribution in [0, 0.1) is 17.6 Å². The first-order chi connectivity index (χ1) is 15.6. The molecule has 0 bridgehead atoms. The van der Waals surface area contributed by atoms with E-state index in [2.05, 4.69) is 33.2 Å². The molecule has 1 fully saturated rings. The van der Waals surface area contributed by atoms with Gasteiger partial charge >= 0.3 is 0 Å². The van der Waals surface area contributed by atoms with Crippen molar-refractivity contribution in [2.24, 2.45) is 5.92 Å². The first-order valence-corrected chi connectivity index (χ1v) is 11.2. The van der Waals surface area contributed by atoms with Crippen molar-refractivity contribution in [2.75, 3.05) is 6.61 Å². The van der Waals surface area contributed by atoms with Crippen LogP contribution in [0.4, 0.5) is 13.2 Å². The third-order valence-electron chi connectivity index (χ3n) is 5.87. The fourth-order valence-corrected chi connectivity index (χ4v) is 3.76. The van der Waals surface area contributed by atoms with Crippen LogP contribution in [-0.4, -0.2) is 6.61 Å². The Morgan fingerprint density at radius 2 is 1.67 bits per heavy atom. The summed E-state index contributed by atoms with van der Waals surface area (Å²) in [6.07, 6.45) is 11.2. The predicted octanol–water partition coefficient (Wildman–Crippen LogP) is 8.90. The molecule has 0 unspecified atom stereocenters. The van der Waals surface area contributed by atoms with Gasteiger partial charge in [0.15, 0.2) is 11.6 Å². The number of rotatable bonds is 10. The number of allylic oxidation sites excluding steroid dienone is 8. The molecule has 0 spiro atoms. The minimum absolute atomic E-state index is 0.0749. The van der Waals surface area contributed by atoms with Crippen molar-refractivity contribution in [3.05, 3.63) is 114 Å². The van der Waals surface area contributed by atoms with Crippen LogP contribution in [0.5, 0.6) is 0 Å². The Morgan fingerprint density at radius 3 is 2.30 bits per heavy atom. The van der Waals surface area contributed by atoms with E-state index in [1.165, 1.54) is 6.08 Å². The zero-order chi connectivity index (χ0) is 24.5. The third kappa shape index (κ3) is 7.52. The Bertz CT molecular complexity index is 1000. The Hall–Kier alpha value is -3.01. The molecule has 0 atom stereocenters. The van der Waals surface area contributed by atoms with Gasteiger partial charge < -0.3 is 4.74 Å². The average molecular weight is 455 g/mol. The van der Waals surface area contributed by atoms with Crippen LogP contribution >= 0.6 is 0 Å². The standard InChI is InChI=1S/C29H33F3O/c1-7-33-22(5)18-27(30)23(6)21(4)12-8-19(2)11-15-25-16-17-26(29(32)28(25)31)24-13-9-20(3)10-14-24/h8,11-12,15-18,20,24H,2,4-7,9-10,13-14H2,1,3H3/b12-8-,15-11+,27-18+. The highest BCUT2D eigenvalue weighted by Gasteiger charge is 2.24. The number of benzene rings is 1. The van der Waals surface area contributed by atoms with Gasteiger partial charge in [0, 0.05) is 17.2 Å². The third-order valence-corrected chi connectivity index (χ3v) is 5.87. The van der Waals surface area contributed by atoms with Crippen molar-refractivity contribution in [3.8, 4) is 0 Å². The lowest BCUT2D eigenvalue weighted by Crippen LogP contribution is -2.13. The minimum Gasteiger partial charge on any atom is -0.494 e. The summed E-state index contributed by atoms with van der Waals surface area (Å²) >= 11 is 0. The second kappa shape index (κ2) is 12.3. The monoisotopic (exact) mass is 454 g/mol. The molecule has 0 N–H and O–H groups in total. The summed E-state index contributed by atoms with van der Waals surface area (Å²) in [6.45, 7) is 19.3. The largest absolute Gasteiger partial charge is 0.494 e. The molecule has 0 amide bonds. The van der Waals surface area contributed by atoms with E-state index in [1.54, 1.807) is 37.3 Å². The van der Waals surface area contributed by atoms with E-state index in [9.17, 15) is 13.2 Å². The van der Waals surface area contributed by atoms with E-state index < -0.39 is 17.5 Å². The number of hydrogen-bond acceptors (Lipinski definition) is 1. The quantitative estimate of drug-likeness (QED) is 0.253. The maximum Gasteiger partial charge on any atom is 0.166 e. The van der Waals surface area contributed by atoms with E-state index in [4.69, 9.17) is 4.74 Å². The Morgan fingerprint density at radius 1 is 1.00 bits per heavy atom. The molecule has 0 aliphatic heterocycles. The van der Waals surface area contributed by atoms with Gasteiger partial charge in [0.25, 0.3) is 0 Å². The molecule has 1 aliphatic carbocycles. The van der Waals surface area contributed by atoms with Gasteiger partial charge in [-0.15, -0.1) is 0 Å². The summed E-state index contributed by atoms with van der Waals surface area (Å²) in [5.74, 6) is -1.30. The molecule has 176 valence electrons. The fraction of sp³-hybridized carbons (Fsp3) is 0.310. The zero-order valence-electron chi connectivity index (χ0n) is 19.6. The van der Waals surface area contributed by atoms with Crippen LogP contribution in [0.25, 0.3) is 6.08 Å². The zero-order valence-corrected chi connectivity index (χ0v) is 19.6. The molecule has 1 aliphatic rings. The van der Waals surface area contributed by atoms with Gasteiger partial charge in [0.05, 0.1) is 6.61 Å². The second-order valence-electron chi connectivity index (χ2n) is 8.47. The van der Waals surface area contributed by atoms with Crippen LogP contribution < -0.4 is 0 Å². The SMILES string of the molecule is C=C(/C=C\C(=C)C(=C)/C(F)=C\C(=C)OCC)/C=C/c1ccc(C2CCC(C)CC2)c(F)c1F. The highest BCUT2D eigenvalue weighted by molar-refractivity contribution is 5.57. The average Bonchev–Trinajstić information content (AvgIpc) is 2.78. The van der Waals surface area contributed by atoms with Gasteiger partial charge in [-0.1, -0.05) is 82.5 Å². The van der Waals surface area contributed by atoms with Crippen LogP contribution in [0.2, 0.25) is 0 Å².